The fraction of sp³-hybridized carbons (Fsp3) is 1.00. The molecule has 2 fully saturated rings. The average Bonchev–Trinajstić information content (AvgIpc) is 2.39. The van der Waals surface area contributed by atoms with Gasteiger partial charge >= 0.3 is 0 Å². The van der Waals surface area contributed by atoms with Crippen LogP contribution in [0.4, 0.5) is 0 Å². The summed E-state index contributed by atoms with van der Waals surface area (Å²) in [6.07, 6.45) is 7.01. The maximum Gasteiger partial charge on any atom is 0.0109 e. The van der Waals surface area contributed by atoms with Gasteiger partial charge in [-0.2, -0.15) is 0 Å². The Bertz CT molecular complexity index is 196. The van der Waals surface area contributed by atoms with Crippen LogP contribution in [0.3, 0.4) is 0 Å². The molecule has 2 aliphatic rings. The van der Waals surface area contributed by atoms with Gasteiger partial charge in [0, 0.05) is 19.6 Å². The van der Waals surface area contributed by atoms with Gasteiger partial charge in [0.25, 0.3) is 0 Å². The number of piperidine rings is 2. The summed E-state index contributed by atoms with van der Waals surface area (Å²) in [6.45, 7) is 8.96. The van der Waals surface area contributed by atoms with Crippen LogP contribution in [0.25, 0.3) is 0 Å². The Morgan fingerprint density at radius 3 is 2.53 bits per heavy atom. The first-order valence-corrected chi connectivity index (χ1v) is 7.46. The molecule has 0 spiro atoms. The van der Waals surface area contributed by atoms with Gasteiger partial charge in [0.05, 0.1) is 0 Å². The zero-order valence-electron chi connectivity index (χ0n) is 11.5. The van der Waals surface area contributed by atoms with Crippen molar-refractivity contribution in [2.45, 2.75) is 32.1 Å². The zero-order valence-corrected chi connectivity index (χ0v) is 11.5. The van der Waals surface area contributed by atoms with Gasteiger partial charge in [-0.3, -0.25) is 0 Å². The highest BCUT2D eigenvalue weighted by molar-refractivity contribution is 4.72. The molecule has 0 bridgehead atoms. The molecule has 2 saturated heterocycles. The number of hydrogen-bond donors (Lipinski definition) is 1. The van der Waals surface area contributed by atoms with Crippen LogP contribution in [0.5, 0.6) is 0 Å². The quantitative estimate of drug-likeness (QED) is 0.782. The average molecular weight is 239 g/mol. The largest absolute Gasteiger partial charge is 0.317 e. The van der Waals surface area contributed by atoms with E-state index < -0.39 is 0 Å². The first-order valence-electron chi connectivity index (χ1n) is 7.46. The van der Waals surface area contributed by atoms with Crippen molar-refractivity contribution in [1.29, 1.82) is 0 Å². The Balaban J connectivity index is 1.57. The highest BCUT2D eigenvalue weighted by atomic mass is 15.2. The molecule has 2 aliphatic heterocycles. The standard InChI is InChI=1S/C14H29N3/c1-16(13-14-5-7-15-8-6-14)11-12-17-9-3-2-4-10-17/h14-15H,2-13H2,1H3. The van der Waals surface area contributed by atoms with Gasteiger partial charge in [0.1, 0.15) is 0 Å². The molecule has 0 aromatic heterocycles. The van der Waals surface area contributed by atoms with Crippen LogP contribution in [0.2, 0.25) is 0 Å². The van der Waals surface area contributed by atoms with Gasteiger partial charge in [0.15, 0.2) is 0 Å². The van der Waals surface area contributed by atoms with E-state index in [1.54, 1.807) is 0 Å². The normalized spacial score (nSPS) is 24.4. The lowest BCUT2D eigenvalue weighted by atomic mass is 9.98. The second-order valence-electron chi connectivity index (χ2n) is 5.86. The fourth-order valence-electron chi connectivity index (χ4n) is 3.09. The molecule has 3 nitrogen and oxygen atoms in total. The van der Waals surface area contributed by atoms with E-state index in [9.17, 15) is 0 Å². The van der Waals surface area contributed by atoms with Crippen molar-refractivity contribution in [2.75, 3.05) is 52.9 Å². The van der Waals surface area contributed by atoms with E-state index in [0.29, 0.717) is 0 Å². The van der Waals surface area contributed by atoms with E-state index in [-0.39, 0.29) is 0 Å². The molecule has 0 amide bonds. The Morgan fingerprint density at radius 1 is 1.12 bits per heavy atom. The molecule has 0 aromatic rings. The van der Waals surface area contributed by atoms with E-state index in [4.69, 9.17) is 0 Å². The van der Waals surface area contributed by atoms with Crippen LogP contribution in [0, 0.1) is 5.92 Å². The molecule has 1 N–H and O–H groups in total. The maximum absolute atomic E-state index is 3.44. The van der Waals surface area contributed by atoms with Crippen molar-refractivity contribution in [1.82, 2.24) is 15.1 Å². The van der Waals surface area contributed by atoms with Gasteiger partial charge in [-0.15, -0.1) is 0 Å². The summed E-state index contributed by atoms with van der Waals surface area (Å²) in [5.41, 5.74) is 0. The Hall–Kier alpha value is -0.120. The smallest absolute Gasteiger partial charge is 0.0109 e. The van der Waals surface area contributed by atoms with Gasteiger partial charge < -0.3 is 15.1 Å². The van der Waals surface area contributed by atoms with Crippen LogP contribution in [-0.2, 0) is 0 Å². The van der Waals surface area contributed by atoms with Gasteiger partial charge in [-0.25, -0.2) is 0 Å². The summed E-state index contributed by atoms with van der Waals surface area (Å²) in [6, 6.07) is 0. The SMILES string of the molecule is CN(CCN1CCCCC1)CC1CCNCC1. The zero-order chi connectivity index (χ0) is 11.9. The molecule has 100 valence electrons. The Labute approximate surface area is 107 Å². The molecular formula is C14H29N3. The molecule has 2 rings (SSSR count). The van der Waals surface area contributed by atoms with Crippen molar-refractivity contribution < 1.29 is 0 Å². The lowest BCUT2D eigenvalue weighted by molar-refractivity contribution is 0.178. The van der Waals surface area contributed by atoms with Crippen molar-refractivity contribution in [2.24, 2.45) is 5.92 Å². The number of hydrogen-bond acceptors (Lipinski definition) is 3. The highest BCUT2D eigenvalue weighted by Crippen LogP contribution is 2.13. The number of likely N-dealkylation sites (tertiary alicyclic amines) is 1. The first-order chi connectivity index (χ1) is 8.34. The number of likely N-dealkylation sites (N-methyl/N-ethyl adjacent to an activating group) is 1. The predicted molar refractivity (Wildman–Crippen MR) is 73.4 cm³/mol. The van der Waals surface area contributed by atoms with E-state index in [1.807, 2.05) is 0 Å². The molecule has 0 unspecified atom stereocenters. The predicted octanol–water partition coefficient (Wildman–Crippen LogP) is 1.40. The third-order valence-corrected chi connectivity index (χ3v) is 4.28. The summed E-state index contributed by atoms with van der Waals surface area (Å²) >= 11 is 0. The lowest BCUT2D eigenvalue weighted by Crippen LogP contribution is -2.39. The first kappa shape index (κ1) is 13.3. The molecule has 0 radical (unpaired) electrons. The Kier molecular flexibility index (Phi) is 5.75. The maximum atomic E-state index is 3.44. The van der Waals surface area contributed by atoms with Crippen LogP contribution < -0.4 is 5.32 Å². The van der Waals surface area contributed by atoms with Crippen LogP contribution in [-0.4, -0.2) is 62.7 Å². The van der Waals surface area contributed by atoms with E-state index >= 15 is 0 Å². The van der Waals surface area contributed by atoms with E-state index in [1.165, 1.54) is 77.9 Å². The molecule has 0 saturated carbocycles. The number of rotatable bonds is 5. The van der Waals surface area contributed by atoms with E-state index in [2.05, 4.69) is 22.2 Å². The van der Waals surface area contributed by atoms with Crippen molar-refractivity contribution in [3.05, 3.63) is 0 Å². The lowest BCUT2D eigenvalue weighted by Gasteiger charge is -2.31. The summed E-state index contributed by atoms with van der Waals surface area (Å²) in [7, 11) is 2.30. The van der Waals surface area contributed by atoms with Crippen molar-refractivity contribution in [3.8, 4) is 0 Å². The summed E-state index contributed by atoms with van der Waals surface area (Å²) in [4.78, 5) is 5.19. The van der Waals surface area contributed by atoms with Crippen molar-refractivity contribution >= 4 is 0 Å². The molecule has 3 heteroatoms. The molecule has 0 atom stereocenters. The van der Waals surface area contributed by atoms with Gasteiger partial charge in [-0.05, 0) is 64.8 Å². The molecule has 0 aromatic carbocycles. The second-order valence-corrected chi connectivity index (χ2v) is 5.86. The fourth-order valence-corrected chi connectivity index (χ4v) is 3.09. The van der Waals surface area contributed by atoms with Gasteiger partial charge in [0.2, 0.25) is 0 Å². The minimum atomic E-state index is 0.933. The molecule has 17 heavy (non-hydrogen) atoms. The summed E-state index contributed by atoms with van der Waals surface area (Å²) in [5, 5.41) is 3.44. The number of nitrogens with one attached hydrogen (secondary N) is 1. The highest BCUT2D eigenvalue weighted by Gasteiger charge is 2.16. The third-order valence-electron chi connectivity index (χ3n) is 4.28. The Morgan fingerprint density at radius 2 is 1.82 bits per heavy atom. The number of nitrogens with zero attached hydrogens (tertiary/aromatic N) is 2. The second kappa shape index (κ2) is 7.34. The van der Waals surface area contributed by atoms with Crippen molar-refractivity contribution in [3.63, 3.8) is 0 Å². The van der Waals surface area contributed by atoms with E-state index in [0.717, 1.165) is 5.92 Å². The molecule has 0 aliphatic carbocycles. The molecule has 2 heterocycles. The topological polar surface area (TPSA) is 18.5 Å². The summed E-state index contributed by atoms with van der Waals surface area (Å²) < 4.78 is 0. The summed E-state index contributed by atoms with van der Waals surface area (Å²) in [5.74, 6) is 0.933. The monoisotopic (exact) mass is 239 g/mol. The third kappa shape index (κ3) is 4.94. The van der Waals surface area contributed by atoms with Crippen LogP contribution in [0.1, 0.15) is 32.1 Å². The van der Waals surface area contributed by atoms with Crippen LogP contribution in [0.15, 0.2) is 0 Å². The van der Waals surface area contributed by atoms with Crippen LogP contribution >= 0.6 is 0 Å². The minimum absolute atomic E-state index is 0.933. The molecular weight excluding hydrogens is 210 g/mol. The van der Waals surface area contributed by atoms with Gasteiger partial charge in [-0.1, -0.05) is 6.42 Å². The minimum Gasteiger partial charge on any atom is -0.317 e.